The average molecular weight is 372 g/mol. The van der Waals surface area contributed by atoms with E-state index in [9.17, 15) is 14.4 Å². The van der Waals surface area contributed by atoms with Crippen LogP contribution in [0.25, 0.3) is 0 Å². The number of fused-ring (bicyclic) bond motifs is 3. The minimum atomic E-state index is -0.796. The number of benzene rings is 1. The number of amides is 2. The maximum Gasteiger partial charge on any atom is 0.309 e. The average Bonchev–Trinajstić information content (AvgIpc) is 3.34. The van der Waals surface area contributed by atoms with Gasteiger partial charge in [-0.2, -0.15) is 0 Å². The first-order valence-electron chi connectivity index (χ1n) is 9.51. The number of carbonyl (C=O) groups is 3. The van der Waals surface area contributed by atoms with Gasteiger partial charge in [0.05, 0.1) is 18.2 Å². The summed E-state index contributed by atoms with van der Waals surface area (Å²) in [6, 6.07) is 7.05. The maximum absolute atomic E-state index is 12.8. The molecule has 7 nitrogen and oxygen atoms in total. The molecule has 2 bridgehead atoms. The fourth-order valence-electron chi connectivity index (χ4n) is 4.62. The van der Waals surface area contributed by atoms with Crippen molar-refractivity contribution in [3.63, 3.8) is 0 Å². The largest absolute Gasteiger partial charge is 0.477 e. The number of hydrogen-bond donors (Lipinski definition) is 1. The van der Waals surface area contributed by atoms with E-state index in [-0.39, 0.29) is 36.9 Å². The molecule has 3 aliphatic rings. The lowest BCUT2D eigenvalue weighted by molar-refractivity contribution is -0.153. The minimum Gasteiger partial charge on any atom is -0.477 e. The van der Waals surface area contributed by atoms with Crippen molar-refractivity contribution in [2.45, 2.75) is 31.8 Å². The van der Waals surface area contributed by atoms with Crippen molar-refractivity contribution in [3.8, 4) is 5.75 Å². The molecule has 2 fully saturated rings. The maximum atomic E-state index is 12.8. The quantitative estimate of drug-likeness (QED) is 0.810. The van der Waals surface area contributed by atoms with Gasteiger partial charge in [-0.1, -0.05) is 18.6 Å². The topological polar surface area (TPSA) is 84.9 Å². The molecule has 144 valence electrons. The monoisotopic (exact) mass is 372 g/mol. The van der Waals surface area contributed by atoms with Crippen LogP contribution in [0.5, 0.6) is 5.75 Å². The van der Waals surface area contributed by atoms with Crippen LogP contribution in [0.2, 0.25) is 0 Å². The molecule has 1 aromatic carbocycles. The lowest BCUT2D eigenvalue weighted by atomic mass is 9.89. The van der Waals surface area contributed by atoms with Crippen LogP contribution in [0, 0.1) is 17.8 Å². The highest BCUT2D eigenvalue weighted by atomic mass is 16.5. The zero-order chi connectivity index (χ0) is 19.0. The van der Waals surface area contributed by atoms with Gasteiger partial charge in [-0.15, -0.1) is 0 Å². The van der Waals surface area contributed by atoms with Crippen LogP contribution in [0.4, 0.5) is 5.69 Å². The van der Waals surface area contributed by atoms with E-state index in [4.69, 9.17) is 9.47 Å². The number of para-hydroxylation sites is 2. The standard InChI is InChI=1S/C20H24N2O5/c1-21-19(24)17-10-22(15-4-2-3-5-16(15)27-17)18(23)11-26-20(25)14-9-12-6-7-13(14)8-12/h2-5,12-14,17H,6-11H2,1H3,(H,21,24). The molecule has 4 unspecified atom stereocenters. The van der Waals surface area contributed by atoms with Crippen LogP contribution in [-0.4, -0.2) is 44.1 Å². The molecule has 4 atom stereocenters. The van der Waals surface area contributed by atoms with E-state index in [2.05, 4.69) is 5.32 Å². The summed E-state index contributed by atoms with van der Waals surface area (Å²) in [5.41, 5.74) is 0.582. The summed E-state index contributed by atoms with van der Waals surface area (Å²) in [6.45, 7) is -0.233. The van der Waals surface area contributed by atoms with Crippen molar-refractivity contribution in [2.75, 3.05) is 25.1 Å². The van der Waals surface area contributed by atoms with E-state index >= 15 is 0 Å². The van der Waals surface area contributed by atoms with Gasteiger partial charge in [0.15, 0.2) is 12.7 Å². The van der Waals surface area contributed by atoms with Crippen molar-refractivity contribution < 1.29 is 23.9 Å². The lowest BCUT2D eigenvalue weighted by Gasteiger charge is -2.34. The first-order valence-corrected chi connectivity index (χ1v) is 9.51. The molecule has 4 rings (SSSR count). The van der Waals surface area contributed by atoms with E-state index in [0.29, 0.717) is 23.3 Å². The summed E-state index contributed by atoms with van der Waals surface area (Å²) in [7, 11) is 1.52. The van der Waals surface area contributed by atoms with Gasteiger partial charge in [0.1, 0.15) is 5.75 Å². The Bertz CT molecular complexity index is 764. The second-order valence-electron chi connectivity index (χ2n) is 7.58. The van der Waals surface area contributed by atoms with Crippen LogP contribution < -0.4 is 15.0 Å². The minimum absolute atomic E-state index is 0.0628. The van der Waals surface area contributed by atoms with E-state index < -0.39 is 6.10 Å². The van der Waals surface area contributed by atoms with Gasteiger partial charge in [-0.3, -0.25) is 14.4 Å². The fraction of sp³-hybridized carbons (Fsp3) is 0.550. The van der Waals surface area contributed by atoms with E-state index in [0.717, 1.165) is 19.3 Å². The van der Waals surface area contributed by atoms with Gasteiger partial charge in [0, 0.05) is 7.05 Å². The Kier molecular flexibility index (Phi) is 4.76. The number of esters is 1. The summed E-state index contributed by atoms with van der Waals surface area (Å²) >= 11 is 0. The highest BCUT2D eigenvalue weighted by Crippen LogP contribution is 2.48. The third-order valence-electron chi connectivity index (χ3n) is 5.99. The van der Waals surface area contributed by atoms with Crippen molar-refractivity contribution in [1.29, 1.82) is 0 Å². The van der Waals surface area contributed by atoms with Crippen molar-refractivity contribution in [3.05, 3.63) is 24.3 Å². The molecule has 0 saturated heterocycles. The zero-order valence-corrected chi connectivity index (χ0v) is 15.3. The first kappa shape index (κ1) is 17.8. The molecule has 0 radical (unpaired) electrons. The second kappa shape index (κ2) is 7.21. The molecule has 1 N–H and O–H groups in total. The number of rotatable bonds is 4. The SMILES string of the molecule is CNC(=O)C1CN(C(=O)COC(=O)C2CC3CCC2C3)c2ccccc2O1. The van der Waals surface area contributed by atoms with Gasteiger partial charge in [-0.05, 0) is 43.2 Å². The van der Waals surface area contributed by atoms with Crippen molar-refractivity contribution in [2.24, 2.45) is 17.8 Å². The summed E-state index contributed by atoms with van der Waals surface area (Å²) in [5.74, 6) is 0.539. The van der Waals surface area contributed by atoms with Gasteiger partial charge in [-0.25, -0.2) is 0 Å². The summed E-state index contributed by atoms with van der Waals surface area (Å²) < 4.78 is 11.1. The van der Waals surface area contributed by atoms with E-state index in [1.807, 2.05) is 0 Å². The molecule has 0 spiro atoms. The predicted octanol–water partition coefficient (Wildman–Crippen LogP) is 1.51. The molecular formula is C20H24N2O5. The molecule has 2 saturated carbocycles. The Hall–Kier alpha value is -2.57. The Morgan fingerprint density at radius 2 is 2.04 bits per heavy atom. The second-order valence-corrected chi connectivity index (χ2v) is 7.58. The fourth-order valence-corrected chi connectivity index (χ4v) is 4.62. The molecule has 2 aliphatic carbocycles. The number of ether oxygens (including phenoxy) is 2. The number of carbonyl (C=O) groups excluding carboxylic acids is 3. The molecule has 27 heavy (non-hydrogen) atoms. The number of anilines is 1. The van der Waals surface area contributed by atoms with Gasteiger partial charge >= 0.3 is 5.97 Å². The van der Waals surface area contributed by atoms with Gasteiger partial charge in [0.25, 0.3) is 11.8 Å². The van der Waals surface area contributed by atoms with Crippen LogP contribution in [-0.2, 0) is 19.1 Å². The summed E-state index contributed by atoms with van der Waals surface area (Å²) in [5, 5.41) is 2.54. The summed E-state index contributed by atoms with van der Waals surface area (Å²) in [6.07, 6.45) is 3.49. The van der Waals surface area contributed by atoms with Crippen molar-refractivity contribution in [1.82, 2.24) is 5.32 Å². The predicted molar refractivity (Wildman–Crippen MR) is 97.2 cm³/mol. The number of nitrogens with one attached hydrogen (secondary N) is 1. The number of hydrogen-bond acceptors (Lipinski definition) is 5. The number of likely N-dealkylation sites (N-methyl/N-ethyl adjacent to an activating group) is 1. The highest BCUT2D eigenvalue weighted by Gasteiger charge is 2.44. The summed E-state index contributed by atoms with van der Waals surface area (Å²) in [4.78, 5) is 38.6. The van der Waals surface area contributed by atoms with Gasteiger partial charge in [0.2, 0.25) is 0 Å². The van der Waals surface area contributed by atoms with E-state index in [1.54, 1.807) is 24.3 Å². The zero-order valence-electron chi connectivity index (χ0n) is 15.3. The normalized spacial score (nSPS) is 28.3. The molecule has 0 aromatic heterocycles. The molecule has 1 heterocycles. The Morgan fingerprint density at radius 3 is 2.74 bits per heavy atom. The molecule has 1 aliphatic heterocycles. The van der Waals surface area contributed by atoms with Crippen LogP contribution in [0.1, 0.15) is 25.7 Å². The lowest BCUT2D eigenvalue weighted by Crippen LogP contribution is -2.51. The third-order valence-corrected chi connectivity index (χ3v) is 5.99. The molecule has 1 aromatic rings. The van der Waals surface area contributed by atoms with E-state index in [1.165, 1.54) is 18.4 Å². The van der Waals surface area contributed by atoms with Gasteiger partial charge < -0.3 is 19.7 Å². The third kappa shape index (κ3) is 3.38. The molecule has 2 amide bonds. The Balaban J connectivity index is 1.42. The first-order chi connectivity index (χ1) is 13.1. The number of nitrogens with zero attached hydrogens (tertiary/aromatic N) is 1. The Labute approximate surface area is 158 Å². The molecular weight excluding hydrogens is 348 g/mol. The highest BCUT2D eigenvalue weighted by molar-refractivity contribution is 5.98. The van der Waals surface area contributed by atoms with Crippen molar-refractivity contribution >= 4 is 23.5 Å². The Morgan fingerprint density at radius 1 is 1.22 bits per heavy atom. The molecule has 7 heteroatoms. The van der Waals surface area contributed by atoms with Crippen LogP contribution in [0.3, 0.4) is 0 Å². The van der Waals surface area contributed by atoms with Crippen LogP contribution >= 0.6 is 0 Å². The smallest absolute Gasteiger partial charge is 0.309 e. The van der Waals surface area contributed by atoms with Crippen LogP contribution in [0.15, 0.2) is 24.3 Å².